The van der Waals surface area contributed by atoms with E-state index in [0.717, 1.165) is 0 Å². The number of esters is 1. The minimum Gasteiger partial charge on any atom is -0.465 e. The van der Waals surface area contributed by atoms with E-state index < -0.39 is 15.6 Å². The van der Waals surface area contributed by atoms with Gasteiger partial charge in [-0.25, -0.2) is 4.79 Å². The molecular weight excluding hydrogens is 325 g/mol. The number of amides is 1. The van der Waals surface area contributed by atoms with E-state index in [1.807, 2.05) is 29.5 Å². The fourth-order valence-electron chi connectivity index (χ4n) is 1.65. The largest absolute Gasteiger partial charge is 0.465 e. The van der Waals surface area contributed by atoms with E-state index in [0.29, 0.717) is 13.0 Å². The highest BCUT2D eigenvalue weighted by Gasteiger charge is 2.50. The maximum absolute atomic E-state index is 11.8. The molecule has 0 aliphatic carbocycles. The molecule has 0 spiro atoms. The van der Waals surface area contributed by atoms with Crippen LogP contribution in [0.4, 0.5) is 4.79 Å². The normalized spacial score (nSPS) is 27.9. The van der Waals surface area contributed by atoms with Gasteiger partial charge in [-0.3, -0.25) is 4.79 Å². The van der Waals surface area contributed by atoms with Crippen molar-refractivity contribution in [1.29, 1.82) is 0 Å². The van der Waals surface area contributed by atoms with Gasteiger partial charge >= 0.3 is 12.1 Å². The third-order valence-corrected chi connectivity index (χ3v) is 3.61. The number of rotatable bonds is 4. The number of cyclic esters (lactones) is 1. The first-order valence-electron chi connectivity index (χ1n) is 5.26. The molecule has 1 unspecified atom stereocenters. The van der Waals surface area contributed by atoms with E-state index in [1.165, 1.54) is 0 Å². The van der Waals surface area contributed by atoms with E-state index in [-0.39, 0.29) is 12.0 Å². The fourth-order valence-corrected chi connectivity index (χ4v) is 2.37. The molecule has 0 bridgehead atoms. The van der Waals surface area contributed by atoms with Crippen molar-refractivity contribution in [2.45, 2.75) is 42.8 Å². The third kappa shape index (κ3) is 2.58. The fraction of sp³-hybridized carbons (Fsp3) is 0.800. The van der Waals surface area contributed by atoms with Crippen LogP contribution in [0.3, 0.4) is 0 Å². The van der Waals surface area contributed by atoms with Gasteiger partial charge in [0.2, 0.25) is 0 Å². The molecule has 1 fully saturated rings. The van der Waals surface area contributed by atoms with E-state index in [2.05, 4.69) is 5.32 Å². The molecule has 92 valence electrons. The highest BCUT2D eigenvalue weighted by molar-refractivity contribution is 14.1. The SMILES string of the molecule is CCOC(=O)C(C)(I)[C@@H]1OC(=O)N[C@H]1CC. The van der Waals surface area contributed by atoms with Crippen LogP contribution in [-0.2, 0) is 14.3 Å². The number of alkyl halides is 1. The van der Waals surface area contributed by atoms with Crippen molar-refractivity contribution >= 4 is 34.7 Å². The molecule has 0 radical (unpaired) electrons. The number of carbonyl (C=O) groups excluding carboxylic acids is 2. The van der Waals surface area contributed by atoms with Crippen LogP contribution < -0.4 is 5.32 Å². The number of hydrogen-bond acceptors (Lipinski definition) is 4. The maximum atomic E-state index is 11.8. The van der Waals surface area contributed by atoms with Crippen molar-refractivity contribution in [1.82, 2.24) is 5.32 Å². The van der Waals surface area contributed by atoms with Gasteiger partial charge in [0, 0.05) is 0 Å². The maximum Gasteiger partial charge on any atom is 0.407 e. The topological polar surface area (TPSA) is 64.6 Å². The molecule has 1 rings (SSSR count). The molecule has 1 amide bonds. The Morgan fingerprint density at radius 2 is 2.25 bits per heavy atom. The zero-order valence-corrected chi connectivity index (χ0v) is 11.7. The Labute approximate surface area is 108 Å². The van der Waals surface area contributed by atoms with Crippen LogP contribution in [0, 0.1) is 0 Å². The van der Waals surface area contributed by atoms with Crippen LogP contribution in [0.25, 0.3) is 0 Å². The zero-order chi connectivity index (χ0) is 12.3. The monoisotopic (exact) mass is 341 g/mol. The summed E-state index contributed by atoms with van der Waals surface area (Å²) in [5, 5.41) is 2.68. The standard InChI is InChI=1S/C10H16INO4/c1-4-6-7(16-9(14)12-6)10(3,11)8(13)15-5-2/h6-7H,4-5H2,1-3H3,(H,12,14)/t6-,7+,10?/m0/s1. The highest BCUT2D eigenvalue weighted by atomic mass is 127. The number of nitrogens with one attached hydrogen (secondary N) is 1. The number of carbonyl (C=O) groups is 2. The van der Waals surface area contributed by atoms with Crippen LogP contribution in [0.2, 0.25) is 0 Å². The summed E-state index contributed by atoms with van der Waals surface area (Å²) < 4.78 is 9.27. The van der Waals surface area contributed by atoms with Crippen LogP contribution in [0.5, 0.6) is 0 Å². The van der Waals surface area contributed by atoms with Gasteiger partial charge in [-0.1, -0.05) is 29.5 Å². The minimum atomic E-state index is -0.854. The molecule has 3 atom stereocenters. The average Bonchev–Trinajstić information content (AvgIpc) is 2.60. The molecule has 1 aliphatic rings. The van der Waals surface area contributed by atoms with Gasteiger partial charge < -0.3 is 14.8 Å². The van der Waals surface area contributed by atoms with E-state index in [4.69, 9.17) is 9.47 Å². The molecular formula is C10H16INO4. The summed E-state index contributed by atoms with van der Waals surface area (Å²) in [5.74, 6) is -0.351. The summed E-state index contributed by atoms with van der Waals surface area (Å²) in [6.45, 7) is 5.73. The number of ether oxygens (including phenoxy) is 2. The van der Waals surface area contributed by atoms with Crippen LogP contribution in [0.15, 0.2) is 0 Å². The van der Waals surface area contributed by atoms with E-state index in [9.17, 15) is 9.59 Å². The Morgan fingerprint density at radius 3 is 2.75 bits per heavy atom. The second-order valence-electron chi connectivity index (χ2n) is 3.78. The van der Waals surface area contributed by atoms with Gasteiger partial charge in [-0.05, 0) is 20.3 Å². The summed E-state index contributed by atoms with van der Waals surface area (Å²) >= 11 is 1.98. The molecule has 1 heterocycles. The second kappa shape index (κ2) is 5.20. The van der Waals surface area contributed by atoms with Crippen molar-refractivity contribution in [2.24, 2.45) is 0 Å². The van der Waals surface area contributed by atoms with Crippen molar-refractivity contribution in [3.8, 4) is 0 Å². The van der Waals surface area contributed by atoms with Gasteiger partial charge in [0.05, 0.1) is 12.6 Å². The quantitative estimate of drug-likeness (QED) is 0.480. The summed E-state index contributed by atoms with van der Waals surface area (Å²) in [4.78, 5) is 22.9. The van der Waals surface area contributed by atoms with Gasteiger partial charge in [0.25, 0.3) is 0 Å². The number of halogens is 1. The van der Waals surface area contributed by atoms with Gasteiger partial charge in [-0.15, -0.1) is 0 Å². The predicted molar refractivity (Wildman–Crippen MR) is 66.5 cm³/mol. The Balaban J connectivity index is 2.81. The number of hydrogen-bond donors (Lipinski definition) is 1. The molecule has 0 aromatic carbocycles. The van der Waals surface area contributed by atoms with Crippen LogP contribution in [-0.4, -0.2) is 34.2 Å². The first kappa shape index (κ1) is 13.5. The number of alkyl carbamates (subject to hydrolysis) is 1. The lowest BCUT2D eigenvalue weighted by molar-refractivity contribution is -0.147. The Bertz CT molecular complexity index is 293. The molecule has 16 heavy (non-hydrogen) atoms. The second-order valence-corrected chi connectivity index (χ2v) is 6.02. The van der Waals surface area contributed by atoms with E-state index >= 15 is 0 Å². The minimum absolute atomic E-state index is 0.140. The molecule has 6 heteroatoms. The third-order valence-electron chi connectivity index (χ3n) is 2.55. The molecule has 1 saturated heterocycles. The van der Waals surface area contributed by atoms with Crippen LogP contribution >= 0.6 is 22.6 Å². The molecule has 5 nitrogen and oxygen atoms in total. The Hall–Kier alpha value is -0.530. The first-order chi connectivity index (χ1) is 7.43. The van der Waals surface area contributed by atoms with E-state index in [1.54, 1.807) is 13.8 Å². The molecule has 0 aromatic rings. The lowest BCUT2D eigenvalue weighted by atomic mass is 9.97. The molecule has 0 aromatic heterocycles. The van der Waals surface area contributed by atoms with Crippen molar-refractivity contribution in [2.75, 3.05) is 6.61 Å². The van der Waals surface area contributed by atoms with Gasteiger partial charge in [0.1, 0.15) is 6.10 Å². The van der Waals surface area contributed by atoms with Crippen molar-refractivity contribution in [3.05, 3.63) is 0 Å². The highest BCUT2D eigenvalue weighted by Crippen LogP contribution is 2.32. The summed E-state index contributed by atoms with van der Waals surface area (Å²) in [5.41, 5.74) is 0. The van der Waals surface area contributed by atoms with Gasteiger partial charge in [-0.2, -0.15) is 0 Å². The van der Waals surface area contributed by atoms with Crippen LogP contribution in [0.1, 0.15) is 27.2 Å². The lowest BCUT2D eigenvalue weighted by Crippen LogP contribution is -2.49. The van der Waals surface area contributed by atoms with Gasteiger partial charge in [0.15, 0.2) is 3.42 Å². The zero-order valence-electron chi connectivity index (χ0n) is 9.58. The average molecular weight is 341 g/mol. The molecule has 0 saturated carbocycles. The first-order valence-corrected chi connectivity index (χ1v) is 6.34. The Morgan fingerprint density at radius 1 is 1.62 bits per heavy atom. The summed E-state index contributed by atoms with van der Waals surface area (Å²) in [6, 6.07) is -0.140. The Kier molecular flexibility index (Phi) is 4.40. The lowest BCUT2D eigenvalue weighted by Gasteiger charge is -2.28. The molecule has 1 N–H and O–H groups in total. The summed E-state index contributed by atoms with van der Waals surface area (Å²) in [7, 11) is 0. The summed E-state index contributed by atoms with van der Waals surface area (Å²) in [6.07, 6.45) is -0.234. The smallest absolute Gasteiger partial charge is 0.407 e. The molecule has 1 aliphatic heterocycles. The van der Waals surface area contributed by atoms with Crippen molar-refractivity contribution < 1.29 is 19.1 Å². The predicted octanol–water partition coefficient (Wildman–Crippen LogP) is 1.63. The van der Waals surface area contributed by atoms with Crippen molar-refractivity contribution in [3.63, 3.8) is 0 Å².